The van der Waals surface area contributed by atoms with Crippen molar-refractivity contribution in [3.05, 3.63) is 83.9 Å². The maximum Gasteiger partial charge on any atom is 0.153 e. The van der Waals surface area contributed by atoms with Gasteiger partial charge in [0.25, 0.3) is 0 Å². The SMILES string of the molecule is O=Cc1ccc2ccccc2c1Oc1c(C=O)ccc2ccccc12. The fourth-order valence-corrected chi connectivity index (χ4v) is 3.04. The van der Waals surface area contributed by atoms with E-state index < -0.39 is 0 Å². The van der Waals surface area contributed by atoms with Crippen LogP contribution in [0.5, 0.6) is 11.5 Å². The molecular formula is C22H14O3. The summed E-state index contributed by atoms with van der Waals surface area (Å²) in [5, 5.41) is 3.60. The van der Waals surface area contributed by atoms with Gasteiger partial charge in [0.2, 0.25) is 0 Å². The van der Waals surface area contributed by atoms with Crippen molar-refractivity contribution in [1.82, 2.24) is 0 Å². The third-order valence-corrected chi connectivity index (χ3v) is 4.28. The number of hydrogen-bond acceptors (Lipinski definition) is 3. The van der Waals surface area contributed by atoms with Crippen LogP contribution < -0.4 is 4.74 Å². The molecule has 0 heterocycles. The van der Waals surface area contributed by atoms with Crippen LogP contribution in [-0.4, -0.2) is 12.6 Å². The van der Waals surface area contributed by atoms with Gasteiger partial charge in [-0.25, -0.2) is 0 Å². The van der Waals surface area contributed by atoms with Gasteiger partial charge in [0.1, 0.15) is 11.5 Å². The van der Waals surface area contributed by atoms with E-state index in [1.165, 1.54) is 0 Å². The molecule has 0 aromatic heterocycles. The molecule has 120 valence electrons. The summed E-state index contributed by atoms with van der Waals surface area (Å²) in [6.07, 6.45) is 1.54. The Morgan fingerprint density at radius 2 is 1.00 bits per heavy atom. The maximum atomic E-state index is 11.5. The topological polar surface area (TPSA) is 43.4 Å². The second-order valence-electron chi connectivity index (χ2n) is 5.75. The first kappa shape index (κ1) is 15.1. The molecule has 0 amide bonds. The van der Waals surface area contributed by atoms with Crippen molar-refractivity contribution in [3.63, 3.8) is 0 Å². The number of rotatable bonds is 4. The highest BCUT2D eigenvalue weighted by atomic mass is 16.5. The summed E-state index contributed by atoms with van der Waals surface area (Å²) in [4.78, 5) is 23.1. The van der Waals surface area contributed by atoms with E-state index in [2.05, 4.69) is 0 Å². The second-order valence-corrected chi connectivity index (χ2v) is 5.75. The molecule has 0 radical (unpaired) electrons. The fraction of sp³-hybridized carbons (Fsp3) is 0. The van der Waals surface area contributed by atoms with E-state index in [1.54, 1.807) is 12.1 Å². The Kier molecular flexibility index (Phi) is 3.75. The van der Waals surface area contributed by atoms with Crippen LogP contribution in [0.15, 0.2) is 72.8 Å². The van der Waals surface area contributed by atoms with E-state index >= 15 is 0 Å². The summed E-state index contributed by atoms with van der Waals surface area (Å²) in [5.74, 6) is 0.931. The first-order chi connectivity index (χ1) is 12.3. The van der Waals surface area contributed by atoms with Gasteiger partial charge in [-0.2, -0.15) is 0 Å². The average molecular weight is 326 g/mol. The summed E-state index contributed by atoms with van der Waals surface area (Å²) < 4.78 is 6.19. The number of carbonyl (C=O) groups is 2. The van der Waals surface area contributed by atoms with Gasteiger partial charge in [-0.15, -0.1) is 0 Å². The molecule has 3 nitrogen and oxygen atoms in total. The van der Waals surface area contributed by atoms with Crippen LogP contribution in [0, 0.1) is 0 Å². The normalized spacial score (nSPS) is 10.7. The van der Waals surface area contributed by atoms with E-state index in [4.69, 9.17) is 4.74 Å². The lowest BCUT2D eigenvalue weighted by molar-refractivity contribution is 0.111. The summed E-state index contributed by atoms with van der Waals surface area (Å²) in [7, 11) is 0. The second kappa shape index (κ2) is 6.21. The number of benzene rings is 4. The highest BCUT2D eigenvalue weighted by Gasteiger charge is 2.14. The molecule has 0 bridgehead atoms. The zero-order valence-corrected chi connectivity index (χ0v) is 13.3. The molecule has 0 saturated heterocycles. The Bertz CT molecular complexity index is 1020. The highest BCUT2D eigenvalue weighted by molar-refractivity contribution is 5.99. The molecule has 0 fully saturated rings. The lowest BCUT2D eigenvalue weighted by Crippen LogP contribution is -1.96. The molecule has 0 saturated carbocycles. The van der Waals surface area contributed by atoms with Crippen molar-refractivity contribution in [1.29, 1.82) is 0 Å². The summed E-state index contributed by atoms with van der Waals surface area (Å²) >= 11 is 0. The lowest BCUT2D eigenvalue weighted by atomic mass is 10.0. The molecule has 4 rings (SSSR count). The van der Waals surface area contributed by atoms with Crippen LogP contribution in [0.1, 0.15) is 20.7 Å². The van der Waals surface area contributed by atoms with Gasteiger partial charge >= 0.3 is 0 Å². The van der Waals surface area contributed by atoms with Gasteiger partial charge in [-0.05, 0) is 22.9 Å². The molecule has 0 unspecified atom stereocenters. The first-order valence-corrected chi connectivity index (χ1v) is 7.93. The lowest BCUT2D eigenvalue weighted by Gasteiger charge is -2.15. The fourth-order valence-electron chi connectivity index (χ4n) is 3.04. The van der Waals surface area contributed by atoms with Gasteiger partial charge in [0.05, 0.1) is 11.1 Å². The molecule has 0 atom stereocenters. The largest absolute Gasteiger partial charge is 0.455 e. The third kappa shape index (κ3) is 2.56. The monoisotopic (exact) mass is 326 g/mol. The Morgan fingerprint density at radius 3 is 1.44 bits per heavy atom. The third-order valence-electron chi connectivity index (χ3n) is 4.28. The zero-order chi connectivity index (χ0) is 17.2. The Labute approximate surface area is 144 Å². The van der Waals surface area contributed by atoms with Gasteiger partial charge in [0, 0.05) is 10.8 Å². The van der Waals surface area contributed by atoms with Crippen molar-refractivity contribution in [3.8, 4) is 11.5 Å². The number of ether oxygens (including phenoxy) is 1. The molecule has 4 aromatic rings. The first-order valence-electron chi connectivity index (χ1n) is 7.93. The van der Waals surface area contributed by atoms with Gasteiger partial charge in [-0.3, -0.25) is 9.59 Å². The van der Waals surface area contributed by atoms with Crippen LogP contribution in [0.2, 0.25) is 0 Å². The Morgan fingerprint density at radius 1 is 0.560 bits per heavy atom. The Hall–Kier alpha value is -3.46. The van der Waals surface area contributed by atoms with Crippen molar-refractivity contribution in [2.75, 3.05) is 0 Å². The van der Waals surface area contributed by atoms with E-state index in [0.717, 1.165) is 34.1 Å². The van der Waals surface area contributed by atoms with Crippen LogP contribution in [-0.2, 0) is 0 Å². The maximum absolute atomic E-state index is 11.5. The van der Waals surface area contributed by atoms with E-state index in [9.17, 15) is 9.59 Å². The highest BCUT2D eigenvalue weighted by Crippen LogP contribution is 2.37. The van der Waals surface area contributed by atoms with Crippen molar-refractivity contribution in [2.45, 2.75) is 0 Å². The molecule has 0 spiro atoms. The van der Waals surface area contributed by atoms with E-state index in [-0.39, 0.29) is 0 Å². The van der Waals surface area contributed by atoms with Crippen LogP contribution in [0.4, 0.5) is 0 Å². The van der Waals surface area contributed by atoms with Crippen LogP contribution in [0.3, 0.4) is 0 Å². The minimum atomic E-state index is 0.448. The van der Waals surface area contributed by atoms with Crippen LogP contribution >= 0.6 is 0 Å². The number of hydrogen-bond donors (Lipinski definition) is 0. The van der Waals surface area contributed by atoms with Gasteiger partial charge in [0.15, 0.2) is 12.6 Å². The molecule has 25 heavy (non-hydrogen) atoms. The number of aldehydes is 2. The molecular weight excluding hydrogens is 312 g/mol. The molecule has 4 aromatic carbocycles. The van der Waals surface area contributed by atoms with Crippen LogP contribution in [0.25, 0.3) is 21.5 Å². The van der Waals surface area contributed by atoms with E-state index in [0.29, 0.717) is 22.6 Å². The van der Waals surface area contributed by atoms with Gasteiger partial charge in [-0.1, -0.05) is 60.7 Å². The summed E-state index contributed by atoms with van der Waals surface area (Å²) in [6, 6.07) is 22.6. The smallest absolute Gasteiger partial charge is 0.153 e. The van der Waals surface area contributed by atoms with E-state index in [1.807, 2.05) is 60.7 Å². The zero-order valence-electron chi connectivity index (χ0n) is 13.3. The minimum absolute atomic E-state index is 0.448. The number of fused-ring (bicyclic) bond motifs is 2. The van der Waals surface area contributed by atoms with Gasteiger partial charge < -0.3 is 4.74 Å². The molecule has 0 N–H and O–H groups in total. The van der Waals surface area contributed by atoms with Crippen molar-refractivity contribution < 1.29 is 14.3 Å². The Balaban J connectivity index is 2.00. The summed E-state index contributed by atoms with van der Waals surface area (Å²) in [5.41, 5.74) is 0.895. The van der Waals surface area contributed by atoms with Crippen molar-refractivity contribution >= 4 is 34.1 Å². The average Bonchev–Trinajstić information content (AvgIpc) is 2.68. The molecule has 0 aliphatic heterocycles. The predicted molar refractivity (Wildman–Crippen MR) is 98.7 cm³/mol. The summed E-state index contributed by atoms with van der Waals surface area (Å²) in [6.45, 7) is 0. The number of carbonyl (C=O) groups excluding carboxylic acids is 2. The predicted octanol–water partition coefficient (Wildman–Crippen LogP) is 5.41. The quantitative estimate of drug-likeness (QED) is 0.471. The van der Waals surface area contributed by atoms with Crippen molar-refractivity contribution in [2.24, 2.45) is 0 Å². The standard InChI is InChI=1S/C22H14O3/c23-13-17-11-9-15-5-1-3-7-19(15)21(17)25-22-18(14-24)12-10-16-6-2-4-8-20(16)22/h1-14H. The molecule has 3 heteroatoms. The molecule has 0 aliphatic carbocycles. The molecule has 0 aliphatic rings. The minimum Gasteiger partial charge on any atom is -0.455 e.